The number of halogens is 2. The van der Waals surface area contributed by atoms with Crippen molar-refractivity contribution in [2.24, 2.45) is 10.8 Å². The standard InChI is InChI=1S/C27H43F2N5O11P2/c28-27(29,20-9-4-3-5-10-20)22(35)14-12-21-13-15-24(36)34(21)18-7-2-1-6-11-23(33-30)32-19-45-25(37)31-17-8-16-26(38,46(39,40)41)47(42,43)44/h3-5,9-10,12,14,21-22,35,38H,1-2,6-8,11,13,15-19,30H2,(H,31,37)(H,32,33)(H2,39,40,41)(H2,42,43,44)/b14-12+. The van der Waals surface area contributed by atoms with Gasteiger partial charge in [0.2, 0.25) is 5.91 Å². The monoisotopic (exact) mass is 713 g/mol. The van der Waals surface area contributed by atoms with Crippen LogP contribution in [0.2, 0.25) is 0 Å². The zero-order valence-electron chi connectivity index (χ0n) is 25.5. The molecule has 0 spiro atoms. The Balaban J connectivity index is 1.68. The first-order chi connectivity index (χ1) is 21.9. The van der Waals surface area contributed by atoms with Crippen molar-refractivity contribution in [3.63, 3.8) is 0 Å². The Labute approximate surface area is 270 Å². The highest BCUT2D eigenvalue weighted by molar-refractivity contribution is 7.72. The van der Waals surface area contributed by atoms with E-state index in [-0.39, 0.29) is 30.5 Å². The van der Waals surface area contributed by atoms with E-state index in [1.807, 2.05) is 0 Å². The summed E-state index contributed by atoms with van der Waals surface area (Å²) in [5.41, 5.74) is 2.09. The summed E-state index contributed by atoms with van der Waals surface area (Å²) in [7, 11) is -11.2. The molecule has 10 N–H and O–H groups in total. The molecule has 1 aliphatic heterocycles. The maximum absolute atomic E-state index is 14.6. The number of alkyl carbamates (subject to hydrolysis) is 1. The average Bonchev–Trinajstić information content (AvgIpc) is 3.36. The first-order valence-corrected chi connectivity index (χ1v) is 18.0. The molecule has 1 saturated heterocycles. The topological polar surface area (TPSA) is 265 Å². The SMILES string of the molecule is NNC(CCCCCCN1C(=O)CCC1/C=C/C(O)C(F)(F)c1ccccc1)=NCOC(=O)NCCCC(O)(P(=O)(O)O)P(=O)(O)O. The number of nitrogens with two attached hydrogens (primary N) is 1. The number of hydrogen-bond donors (Lipinski definition) is 9. The Morgan fingerprint density at radius 1 is 1.11 bits per heavy atom. The van der Waals surface area contributed by atoms with Gasteiger partial charge in [-0.3, -0.25) is 13.9 Å². The largest absolute Gasteiger partial charge is 0.426 e. The number of amidine groups is 1. The van der Waals surface area contributed by atoms with E-state index in [0.717, 1.165) is 18.9 Å². The molecule has 1 aromatic carbocycles. The highest BCUT2D eigenvalue weighted by Crippen LogP contribution is 2.69. The summed E-state index contributed by atoms with van der Waals surface area (Å²) in [6.07, 6.45) is 2.06. The summed E-state index contributed by atoms with van der Waals surface area (Å²) in [4.78, 5) is 66.2. The summed E-state index contributed by atoms with van der Waals surface area (Å²) >= 11 is 0. The molecule has 2 rings (SSSR count). The number of carbonyl (C=O) groups is 2. The van der Waals surface area contributed by atoms with Crippen LogP contribution >= 0.6 is 15.2 Å². The van der Waals surface area contributed by atoms with Gasteiger partial charge in [-0.2, -0.15) is 8.78 Å². The van der Waals surface area contributed by atoms with E-state index >= 15 is 0 Å². The Bertz CT molecular complexity index is 1310. The number of amides is 2. The molecule has 20 heteroatoms. The third-order valence-electron chi connectivity index (χ3n) is 7.49. The van der Waals surface area contributed by atoms with E-state index in [0.29, 0.717) is 44.5 Å². The minimum atomic E-state index is -5.59. The van der Waals surface area contributed by atoms with Gasteiger partial charge in [0.1, 0.15) is 11.9 Å². The van der Waals surface area contributed by atoms with Crippen LogP contribution in [0.3, 0.4) is 0 Å². The van der Waals surface area contributed by atoms with Gasteiger partial charge in [-0.05, 0) is 25.7 Å². The molecular weight excluding hydrogens is 670 g/mol. The van der Waals surface area contributed by atoms with Gasteiger partial charge in [0.05, 0.1) is 6.04 Å². The molecule has 0 saturated carbocycles. The van der Waals surface area contributed by atoms with Crippen LogP contribution in [0.5, 0.6) is 0 Å². The fourth-order valence-electron chi connectivity index (χ4n) is 4.75. The number of aliphatic imine (C=N–C) groups is 1. The number of ether oxygens (including phenoxy) is 1. The van der Waals surface area contributed by atoms with Gasteiger partial charge >= 0.3 is 27.2 Å². The van der Waals surface area contributed by atoms with E-state index in [1.165, 1.54) is 30.3 Å². The Morgan fingerprint density at radius 3 is 2.36 bits per heavy atom. The van der Waals surface area contributed by atoms with Crippen LogP contribution in [0.4, 0.5) is 13.6 Å². The number of aliphatic hydroxyl groups excluding tert-OH is 1. The highest BCUT2D eigenvalue weighted by atomic mass is 31.2. The summed E-state index contributed by atoms with van der Waals surface area (Å²) in [5, 5.41) is 18.6. The number of hydrogen-bond acceptors (Lipinski definition) is 9. The van der Waals surface area contributed by atoms with Crippen molar-refractivity contribution >= 4 is 33.0 Å². The van der Waals surface area contributed by atoms with E-state index in [2.05, 4.69) is 15.7 Å². The van der Waals surface area contributed by atoms with E-state index in [4.69, 9.17) is 30.2 Å². The van der Waals surface area contributed by atoms with Crippen LogP contribution in [-0.4, -0.2) is 89.6 Å². The average molecular weight is 714 g/mol. The van der Waals surface area contributed by atoms with Crippen LogP contribution in [0, 0.1) is 0 Å². The third kappa shape index (κ3) is 12.0. The molecule has 1 aliphatic rings. The van der Waals surface area contributed by atoms with Crippen LogP contribution in [0.1, 0.15) is 63.4 Å². The molecule has 0 aromatic heterocycles. The molecule has 2 atom stereocenters. The zero-order valence-corrected chi connectivity index (χ0v) is 27.3. The molecule has 266 valence electrons. The molecule has 1 heterocycles. The maximum atomic E-state index is 14.6. The molecule has 0 radical (unpaired) electrons. The Kier molecular flexibility index (Phi) is 15.6. The smallest absolute Gasteiger partial charge is 0.408 e. The predicted octanol–water partition coefficient (Wildman–Crippen LogP) is 1.96. The molecule has 0 bridgehead atoms. The predicted molar refractivity (Wildman–Crippen MR) is 166 cm³/mol. The normalized spacial score (nSPS) is 17.3. The number of alkyl halides is 2. The molecule has 1 fully saturated rings. The van der Waals surface area contributed by atoms with Crippen molar-refractivity contribution in [3.8, 4) is 0 Å². The maximum Gasteiger partial charge on any atom is 0.408 e. The molecular formula is C27H43F2N5O11P2. The lowest BCUT2D eigenvalue weighted by atomic mass is 10.0. The van der Waals surface area contributed by atoms with Gasteiger partial charge in [-0.1, -0.05) is 55.3 Å². The summed E-state index contributed by atoms with van der Waals surface area (Å²) in [6, 6.07) is 6.63. The van der Waals surface area contributed by atoms with Gasteiger partial charge in [-0.15, -0.1) is 0 Å². The zero-order chi connectivity index (χ0) is 35.3. The number of unbranched alkanes of at least 4 members (excludes halogenated alkanes) is 3. The number of nitrogens with one attached hydrogen (secondary N) is 2. The molecule has 2 unspecified atom stereocenters. The fourth-order valence-corrected chi connectivity index (χ4v) is 7.01. The second-order valence-corrected chi connectivity index (χ2v) is 14.9. The summed E-state index contributed by atoms with van der Waals surface area (Å²) in [6.45, 7) is -0.326. The van der Waals surface area contributed by atoms with Crippen molar-refractivity contribution in [1.82, 2.24) is 15.6 Å². The number of benzene rings is 1. The van der Waals surface area contributed by atoms with Crippen LogP contribution < -0.4 is 16.6 Å². The second kappa shape index (κ2) is 18.1. The van der Waals surface area contributed by atoms with Crippen LogP contribution in [0.25, 0.3) is 0 Å². The number of carbonyl (C=O) groups excluding carboxylic acids is 2. The molecule has 2 amide bonds. The van der Waals surface area contributed by atoms with Crippen molar-refractivity contribution < 1.29 is 62.0 Å². The Morgan fingerprint density at radius 2 is 1.74 bits per heavy atom. The van der Waals surface area contributed by atoms with Gasteiger partial charge < -0.3 is 50.2 Å². The number of likely N-dealkylation sites (tertiary alicyclic amines) is 1. The van der Waals surface area contributed by atoms with Crippen molar-refractivity contribution in [2.75, 3.05) is 19.8 Å². The lowest BCUT2D eigenvalue weighted by Gasteiger charge is -2.29. The van der Waals surface area contributed by atoms with E-state index < -0.39 is 51.5 Å². The van der Waals surface area contributed by atoms with Crippen molar-refractivity contribution in [3.05, 3.63) is 48.0 Å². The number of hydrazine groups is 1. The number of rotatable bonds is 19. The minimum Gasteiger partial charge on any atom is -0.426 e. The number of aliphatic hydroxyl groups is 2. The lowest BCUT2D eigenvalue weighted by Crippen LogP contribution is -2.34. The minimum absolute atomic E-state index is 0.0847. The molecule has 47 heavy (non-hydrogen) atoms. The van der Waals surface area contributed by atoms with Crippen LogP contribution in [0.15, 0.2) is 47.5 Å². The quantitative estimate of drug-likeness (QED) is 0.0189. The number of nitrogens with zero attached hydrogens (tertiary/aromatic N) is 2. The van der Waals surface area contributed by atoms with Gasteiger partial charge in [0.25, 0.3) is 5.08 Å². The second-order valence-electron chi connectivity index (χ2n) is 10.9. The van der Waals surface area contributed by atoms with Crippen LogP contribution in [-0.2, 0) is 24.6 Å². The fraction of sp³-hybridized carbons (Fsp3) is 0.593. The first kappa shape index (κ1) is 40.4. The van der Waals surface area contributed by atoms with E-state index in [9.17, 15) is 37.7 Å². The molecule has 0 aliphatic carbocycles. The third-order valence-corrected chi connectivity index (χ3v) is 11.4. The van der Waals surface area contributed by atoms with E-state index in [1.54, 1.807) is 11.0 Å². The van der Waals surface area contributed by atoms with Gasteiger partial charge in [0, 0.05) is 37.9 Å². The van der Waals surface area contributed by atoms with Crippen molar-refractivity contribution in [1.29, 1.82) is 0 Å². The van der Waals surface area contributed by atoms with Crippen molar-refractivity contribution in [2.45, 2.75) is 80.9 Å². The lowest BCUT2D eigenvalue weighted by molar-refractivity contribution is -0.128. The Hall–Kier alpha value is -2.79. The first-order valence-electron chi connectivity index (χ1n) is 14.8. The molecule has 16 nitrogen and oxygen atoms in total. The van der Waals surface area contributed by atoms with Gasteiger partial charge in [0.15, 0.2) is 6.73 Å². The summed E-state index contributed by atoms with van der Waals surface area (Å²) < 4.78 is 56.7. The highest BCUT2D eigenvalue weighted by Gasteiger charge is 2.58. The van der Waals surface area contributed by atoms with Gasteiger partial charge in [-0.25, -0.2) is 15.6 Å². The summed E-state index contributed by atoms with van der Waals surface area (Å²) in [5.74, 6) is 2.23. The molecule has 1 aromatic rings.